The van der Waals surface area contributed by atoms with Gasteiger partial charge in [0.25, 0.3) is 0 Å². The molecule has 2 saturated carbocycles. The van der Waals surface area contributed by atoms with Gasteiger partial charge < -0.3 is 0 Å². The van der Waals surface area contributed by atoms with E-state index in [1.165, 1.54) is 31.4 Å². The van der Waals surface area contributed by atoms with Crippen molar-refractivity contribution in [3.8, 4) is 0 Å². The van der Waals surface area contributed by atoms with Crippen molar-refractivity contribution in [2.45, 2.75) is 58.8 Å². The van der Waals surface area contributed by atoms with Crippen molar-refractivity contribution in [2.75, 3.05) is 0 Å². The summed E-state index contributed by atoms with van der Waals surface area (Å²) in [5.74, 6) is -0.178. The minimum absolute atomic E-state index is 0.178. The monoisotopic (exact) mass is 236 g/mol. The molecule has 0 aromatic heterocycles. The quantitative estimate of drug-likeness (QED) is 0.551. The Hall–Kier alpha value is -0.850. The molecule has 2 aliphatic carbocycles. The van der Waals surface area contributed by atoms with Crippen molar-refractivity contribution in [1.29, 1.82) is 0 Å². The van der Waals surface area contributed by atoms with E-state index < -0.39 is 0 Å². The van der Waals surface area contributed by atoms with Crippen LogP contribution >= 0.6 is 0 Å². The van der Waals surface area contributed by atoms with Crippen LogP contribution in [-0.4, -0.2) is 0 Å². The Morgan fingerprint density at radius 2 is 1.35 bits per heavy atom. The molecule has 3 rings (SSSR count). The highest BCUT2D eigenvalue weighted by Crippen LogP contribution is 2.55. The fraction of sp³-hybridized carbons (Fsp3) is 0.625. The molecule has 0 radical (unpaired) electrons. The van der Waals surface area contributed by atoms with Crippen LogP contribution in [0.15, 0.2) is 30.3 Å². The summed E-state index contributed by atoms with van der Waals surface area (Å²) in [7, 11) is 0. The molecule has 0 saturated heterocycles. The fourth-order valence-electron chi connectivity index (χ4n) is 2.39. The fourth-order valence-corrected chi connectivity index (χ4v) is 2.39. The second-order valence-corrected chi connectivity index (χ2v) is 4.86. The molecule has 0 heterocycles. The molecule has 0 N–H and O–H groups in total. The predicted molar refractivity (Wildman–Crippen MR) is 72.5 cm³/mol. The third-order valence-electron chi connectivity index (χ3n) is 3.60. The lowest BCUT2D eigenvalue weighted by atomic mass is 9.87. The highest BCUT2D eigenvalue weighted by atomic mass is 19.1. The second kappa shape index (κ2) is 7.47. The van der Waals surface area contributed by atoms with Crippen LogP contribution in [0.3, 0.4) is 0 Å². The Labute approximate surface area is 105 Å². The molecule has 2 aliphatic rings. The topological polar surface area (TPSA) is 0 Å². The maximum Gasteiger partial charge on any atom is 0.123 e. The largest absolute Gasteiger partial charge is 0.207 e. The van der Waals surface area contributed by atoms with Gasteiger partial charge in [-0.25, -0.2) is 4.39 Å². The molecule has 0 aliphatic heterocycles. The van der Waals surface area contributed by atoms with E-state index in [2.05, 4.69) is 0 Å². The van der Waals surface area contributed by atoms with Crippen LogP contribution in [0.2, 0.25) is 0 Å². The van der Waals surface area contributed by atoms with E-state index in [1.807, 2.05) is 13.8 Å². The van der Waals surface area contributed by atoms with Crippen molar-refractivity contribution >= 4 is 0 Å². The van der Waals surface area contributed by atoms with Crippen LogP contribution in [-0.2, 0) is 0 Å². The number of rotatable bonds is 0. The van der Waals surface area contributed by atoms with Gasteiger partial charge in [-0.2, -0.15) is 0 Å². The molecule has 0 atom stereocenters. The molecule has 0 bridgehead atoms. The zero-order valence-corrected chi connectivity index (χ0v) is 11.2. The number of halogens is 1. The summed E-state index contributed by atoms with van der Waals surface area (Å²) in [6.45, 7) is 4.00. The smallest absolute Gasteiger partial charge is 0.123 e. The van der Waals surface area contributed by atoms with Gasteiger partial charge in [0.05, 0.1) is 0 Å². The standard InChI is InChI=1S/C8H14.C6H5F.C2H6/c1-2-4-8(5-3-1)6-7-8;7-6-4-2-1-3-5-6;1-2/h1-7H2;1-5H;1-2H3. The summed E-state index contributed by atoms with van der Waals surface area (Å²) in [5.41, 5.74) is 0.929. The van der Waals surface area contributed by atoms with Crippen molar-refractivity contribution in [1.82, 2.24) is 0 Å². The lowest BCUT2D eigenvalue weighted by molar-refractivity contribution is 0.337. The Morgan fingerprint density at radius 3 is 1.65 bits per heavy atom. The number of benzene rings is 1. The minimum Gasteiger partial charge on any atom is -0.207 e. The van der Waals surface area contributed by atoms with Gasteiger partial charge in [-0.3, -0.25) is 0 Å². The SMILES string of the molecule is C1CCC2(CC1)CC2.CC.Fc1ccccc1. The average molecular weight is 236 g/mol. The van der Waals surface area contributed by atoms with E-state index in [0.29, 0.717) is 0 Å². The first kappa shape index (κ1) is 14.2. The van der Waals surface area contributed by atoms with Gasteiger partial charge in [0.1, 0.15) is 5.82 Å². The molecule has 0 nitrogen and oxygen atoms in total. The zero-order chi connectivity index (χ0) is 12.6. The molecular weight excluding hydrogens is 211 g/mol. The van der Waals surface area contributed by atoms with Gasteiger partial charge in [0, 0.05) is 0 Å². The predicted octanol–water partition coefficient (Wildman–Crippen LogP) is 5.58. The Morgan fingerprint density at radius 1 is 0.824 bits per heavy atom. The van der Waals surface area contributed by atoms with Gasteiger partial charge in [0.15, 0.2) is 0 Å². The van der Waals surface area contributed by atoms with Gasteiger partial charge in [-0.05, 0) is 43.2 Å². The molecule has 0 unspecified atom stereocenters. The minimum atomic E-state index is -0.178. The van der Waals surface area contributed by atoms with Gasteiger partial charge >= 0.3 is 0 Å². The molecular formula is C16H25F. The zero-order valence-electron chi connectivity index (χ0n) is 11.2. The number of hydrogen-bond donors (Lipinski definition) is 0. The summed E-state index contributed by atoms with van der Waals surface area (Å²) >= 11 is 0. The summed E-state index contributed by atoms with van der Waals surface area (Å²) < 4.78 is 11.9. The van der Waals surface area contributed by atoms with Crippen molar-refractivity contribution in [2.24, 2.45) is 5.41 Å². The molecule has 17 heavy (non-hydrogen) atoms. The highest BCUT2D eigenvalue weighted by Gasteiger charge is 2.42. The average Bonchev–Trinajstić information content (AvgIpc) is 3.14. The summed E-state index contributed by atoms with van der Waals surface area (Å²) in [6.07, 6.45) is 10.8. The highest BCUT2D eigenvalue weighted by molar-refractivity contribution is 5.02. The molecule has 1 aromatic rings. The van der Waals surface area contributed by atoms with Gasteiger partial charge in [0.2, 0.25) is 0 Å². The van der Waals surface area contributed by atoms with Crippen LogP contribution in [0, 0.1) is 11.2 Å². The lowest BCUT2D eigenvalue weighted by Crippen LogP contribution is -2.05. The van der Waals surface area contributed by atoms with Crippen molar-refractivity contribution in [3.05, 3.63) is 36.1 Å². The van der Waals surface area contributed by atoms with Gasteiger partial charge in [-0.15, -0.1) is 0 Å². The normalized spacial score (nSPS) is 19.5. The molecule has 1 spiro atoms. The lowest BCUT2D eigenvalue weighted by Gasteiger charge is -2.19. The second-order valence-electron chi connectivity index (χ2n) is 4.86. The molecule has 1 aromatic carbocycles. The van der Waals surface area contributed by atoms with E-state index in [0.717, 1.165) is 5.41 Å². The third kappa shape index (κ3) is 5.34. The van der Waals surface area contributed by atoms with Crippen LogP contribution in [0.1, 0.15) is 58.8 Å². The summed E-state index contributed by atoms with van der Waals surface area (Å²) in [5, 5.41) is 0. The first-order valence-corrected chi connectivity index (χ1v) is 7.01. The van der Waals surface area contributed by atoms with Crippen LogP contribution in [0.5, 0.6) is 0 Å². The van der Waals surface area contributed by atoms with E-state index in [4.69, 9.17) is 0 Å². The van der Waals surface area contributed by atoms with E-state index in [9.17, 15) is 4.39 Å². The first-order chi connectivity index (χ1) is 8.31. The Kier molecular flexibility index (Phi) is 6.25. The van der Waals surface area contributed by atoms with Crippen LogP contribution in [0.25, 0.3) is 0 Å². The Balaban J connectivity index is 0.000000150. The van der Waals surface area contributed by atoms with Crippen LogP contribution < -0.4 is 0 Å². The maximum atomic E-state index is 11.9. The third-order valence-corrected chi connectivity index (χ3v) is 3.60. The summed E-state index contributed by atoms with van der Waals surface area (Å²) in [6, 6.07) is 7.94. The van der Waals surface area contributed by atoms with E-state index in [-0.39, 0.29) is 5.82 Å². The number of hydrogen-bond acceptors (Lipinski definition) is 0. The van der Waals surface area contributed by atoms with E-state index in [1.54, 1.807) is 43.9 Å². The Bertz CT molecular complexity index is 280. The maximum absolute atomic E-state index is 11.9. The molecule has 1 heteroatoms. The van der Waals surface area contributed by atoms with Gasteiger partial charge in [-0.1, -0.05) is 51.3 Å². The molecule has 0 amide bonds. The molecule has 2 fully saturated rings. The van der Waals surface area contributed by atoms with Crippen molar-refractivity contribution < 1.29 is 4.39 Å². The first-order valence-electron chi connectivity index (χ1n) is 7.01. The van der Waals surface area contributed by atoms with Crippen molar-refractivity contribution in [3.63, 3.8) is 0 Å². The van der Waals surface area contributed by atoms with Crippen LogP contribution in [0.4, 0.5) is 4.39 Å². The summed E-state index contributed by atoms with van der Waals surface area (Å²) in [4.78, 5) is 0. The molecule has 96 valence electrons. The van der Waals surface area contributed by atoms with E-state index >= 15 is 0 Å².